The first-order chi connectivity index (χ1) is 9.41. The van der Waals surface area contributed by atoms with E-state index in [9.17, 15) is 18.3 Å². The summed E-state index contributed by atoms with van der Waals surface area (Å²) in [6, 6.07) is 1.18. The van der Waals surface area contributed by atoms with Crippen molar-refractivity contribution in [2.24, 2.45) is 5.84 Å². The maximum atomic E-state index is 13.1. The number of nitrogen functional groups attached to an aromatic ring is 1. The minimum atomic E-state index is -4.61. The number of halogens is 3. The van der Waals surface area contributed by atoms with Crippen molar-refractivity contribution in [1.29, 1.82) is 0 Å². The number of anilines is 1. The zero-order valence-electron chi connectivity index (χ0n) is 10.7. The summed E-state index contributed by atoms with van der Waals surface area (Å²) >= 11 is 0. The van der Waals surface area contributed by atoms with Gasteiger partial charge in [-0.1, -0.05) is 0 Å². The molecule has 1 heterocycles. The first-order valence-corrected chi connectivity index (χ1v) is 6.29. The van der Waals surface area contributed by atoms with Crippen molar-refractivity contribution in [2.45, 2.75) is 44.1 Å². The Hall–Kier alpha value is -1.54. The topological polar surface area (TPSA) is 80.4 Å². The lowest BCUT2D eigenvalue weighted by atomic mass is 9.95. The van der Waals surface area contributed by atoms with Crippen LogP contribution in [0.3, 0.4) is 0 Å². The number of rotatable bonds is 3. The van der Waals surface area contributed by atoms with Crippen molar-refractivity contribution in [3.05, 3.63) is 17.8 Å². The third-order valence-corrected chi connectivity index (χ3v) is 3.27. The van der Waals surface area contributed by atoms with Crippen LogP contribution in [0.1, 0.15) is 31.2 Å². The van der Waals surface area contributed by atoms with Gasteiger partial charge in [0, 0.05) is 6.20 Å². The number of alkyl halides is 3. The number of nitrogens with two attached hydrogens (primary N) is 1. The highest BCUT2D eigenvalue weighted by Crippen LogP contribution is 2.41. The third kappa shape index (κ3) is 3.31. The molecular formula is C12H16F3N3O2. The van der Waals surface area contributed by atoms with Gasteiger partial charge in [0.15, 0.2) is 5.82 Å². The highest BCUT2D eigenvalue weighted by Gasteiger charge is 2.39. The smallest absolute Gasteiger partial charge is 0.423 e. The van der Waals surface area contributed by atoms with Crippen LogP contribution in [-0.2, 0) is 6.18 Å². The molecule has 1 aliphatic carbocycles. The second-order valence-electron chi connectivity index (χ2n) is 4.72. The van der Waals surface area contributed by atoms with Gasteiger partial charge in [0.2, 0.25) is 0 Å². The predicted molar refractivity (Wildman–Crippen MR) is 65.9 cm³/mol. The lowest BCUT2D eigenvalue weighted by Crippen LogP contribution is -2.27. The van der Waals surface area contributed by atoms with Crippen LogP contribution >= 0.6 is 0 Å². The number of aromatic nitrogens is 1. The van der Waals surface area contributed by atoms with Crippen LogP contribution < -0.4 is 16.0 Å². The third-order valence-electron chi connectivity index (χ3n) is 3.27. The van der Waals surface area contributed by atoms with E-state index in [0.717, 1.165) is 0 Å². The van der Waals surface area contributed by atoms with Gasteiger partial charge in [-0.2, -0.15) is 13.2 Å². The molecule has 0 radical (unpaired) electrons. The zero-order chi connectivity index (χ0) is 14.8. The van der Waals surface area contributed by atoms with Crippen LogP contribution in [0.25, 0.3) is 0 Å². The Balaban J connectivity index is 2.23. The molecule has 0 saturated heterocycles. The molecular weight excluding hydrogens is 275 g/mol. The summed E-state index contributed by atoms with van der Waals surface area (Å²) < 4.78 is 44.6. The number of hydrogen-bond donors (Lipinski definition) is 3. The second-order valence-corrected chi connectivity index (χ2v) is 4.72. The lowest BCUT2D eigenvalue weighted by molar-refractivity contribution is -0.139. The van der Waals surface area contributed by atoms with Crippen molar-refractivity contribution >= 4 is 5.82 Å². The molecule has 1 saturated carbocycles. The number of ether oxygens (including phenoxy) is 1. The number of nitrogens with zero attached hydrogens (tertiary/aromatic N) is 1. The van der Waals surface area contributed by atoms with Crippen LogP contribution in [0.2, 0.25) is 0 Å². The average molecular weight is 291 g/mol. The van der Waals surface area contributed by atoms with Gasteiger partial charge in [0.25, 0.3) is 0 Å². The Kier molecular flexibility index (Phi) is 4.34. The van der Waals surface area contributed by atoms with Crippen molar-refractivity contribution < 1.29 is 23.0 Å². The van der Waals surface area contributed by atoms with Crippen molar-refractivity contribution in [2.75, 3.05) is 5.43 Å². The fourth-order valence-corrected chi connectivity index (χ4v) is 2.27. The normalized spacial score (nSPS) is 23.4. The molecule has 1 fully saturated rings. The predicted octanol–water partition coefficient (Wildman–Crippen LogP) is 2.07. The van der Waals surface area contributed by atoms with Gasteiger partial charge in [0.1, 0.15) is 11.3 Å². The fourth-order valence-electron chi connectivity index (χ4n) is 2.27. The average Bonchev–Trinajstić information content (AvgIpc) is 2.40. The molecule has 0 amide bonds. The molecule has 5 nitrogen and oxygen atoms in total. The minimum Gasteiger partial charge on any atom is -0.490 e. The van der Waals surface area contributed by atoms with Crippen LogP contribution in [0.5, 0.6) is 5.75 Å². The Morgan fingerprint density at radius 2 is 1.95 bits per heavy atom. The second kappa shape index (κ2) is 5.84. The summed E-state index contributed by atoms with van der Waals surface area (Å²) in [6.45, 7) is 0. The number of aliphatic hydroxyl groups excluding tert-OH is 1. The zero-order valence-corrected chi connectivity index (χ0v) is 10.7. The van der Waals surface area contributed by atoms with Crippen LogP contribution in [0.4, 0.5) is 19.0 Å². The number of hydrazine groups is 1. The van der Waals surface area contributed by atoms with E-state index < -0.39 is 23.7 Å². The van der Waals surface area contributed by atoms with Crippen LogP contribution in [0, 0.1) is 0 Å². The van der Waals surface area contributed by atoms with Gasteiger partial charge < -0.3 is 15.3 Å². The molecule has 0 unspecified atom stereocenters. The summed E-state index contributed by atoms with van der Waals surface area (Å²) in [4.78, 5) is 3.55. The summed E-state index contributed by atoms with van der Waals surface area (Å²) in [7, 11) is 0. The maximum Gasteiger partial charge on any atom is 0.423 e. The summed E-state index contributed by atoms with van der Waals surface area (Å²) in [5.74, 6) is 4.31. The number of nitrogens with one attached hydrogen (secondary N) is 1. The van der Waals surface area contributed by atoms with Crippen molar-refractivity contribution in [3.8, 4) is 5.75 Å². The Morgan fingerprint density at radius 1 is 1.30 bits per heavy atom. The first kappa shape index (κ1) is 14.9. The van der Waals surface area contributed by atoms with Gasteiger partial charge in [-0.05, 0) is 31.7 Å². The molecule has 20 heavy (non-hydrogen) atoms. The minimum absolute atomic E-state index is 0.290. The molecule has 0 atom stereocenters. The van der Waals surface area contributed by atoms with Gasteiger partial charge in [0.05, 0.1) is 12.2 Å². The molecule has 0 aromatic carbocycles. The van der Waals surface area contributed by atoms with E-state index in [-0.39, 0.29) is 11.9 Å². The van der Waals surface area contributed by atoms with E-state index >= 15 is 0 Å². The molecule has 0 bridgehead atoms. The van der Waals surface area contributed by atoms with E-state index in [2.05, 4.69) is 4.98 Å². The number of pyridine rings is 1. The largest absolute Gasteiger partial charge is 0.490 e. The molecule has 1 aliphatic rings. The summed E-state index contributed by atoms with van der Waals surface area (Å²) in [5.41, 5.74) is 0.930. The molecule has 0 aliphatic heterocycles. The van der Waals surface area contributed by atoms with E-state index in [0.29, 0.717) is 25.7 Å². The number of hydrogen-bond acceptors (Lipinski definition) is 5. The Morgan fingerprint density at radius 3 is 2.50 bits per heavy atom. The maximum absolute atomic E-state index is 13.1. The van der Waals surface area contributed by atoms with Gasteiger partial charge in [-0.25, -0.2) is 10.8 Å². The molecule has 112 valence electrons. The lowest BCUT2D eigenvalue weighted by Gasteiger charge is -2.27. The first-order valence-electron chi connectivity index (χ1n) is 6.29. The molecule has 0 spiro atoms. The van der Waals surface area contributed by atoms with Crippen molar-refractivity contribution in [3.63, 3.8) is 0 Å². The standard InChI is InChI=1S/C12H16F3N3O2/c13-12(14,15)10-9(5-6-17-11(10)18-16)20-8-3-1-7(19)2-4-8/h5-8,19H,1-4,16H2,(H,17,18). The van der Waals surface area contributed by atoms with Gasteiger partial charge in [-0.3, -0.25) is 0 Å². The van der Waals surface area contributed by atoms with Crippen LogP contribution in [-0.4, -0.2) is 22.3 Å². The highest BCUT2D eigenvalue weighted by atomic mass is 19.4. The van der Waals surface area contributed by atoms with Crippen molar-refractivity contribution in [1.82, 2.24) is 4.98 Å². The Bertz CT molecular complexity index is 460. The number of aliphatic hydroxyl groups is 1. The SMILES string of the molecule is NNc1nccc(OC2CCC(O)CC2)c1C(F)(F)F. The molecule has 8 heteroatoms. The summed E-state index contributed by atoms with van der Waals surface area (Å²) in [6.07, 6.45) is -2.05. The van der Waals surface area contributed by atoms with E-state index in [1.807, 2.05) is 5.43 Å². The fraction of sp³-hybridized carbons (Fsp3) is 0.583. The monoisotopic (exact) mass is 291 g/mol. The van der Waals surface area contributed by atoms with E-state index in [4.69, 9.17) is 10.6 Å². The molecule has 1 aromatic heterocycles. The van der Waals surface area contributed by atoms with E-state index in [1.165, 1.54) is 12.3 Å². The molecule has 4 N–H and O–H groups in total. The quantitative estimate of drug-likeness (QED) is 0.587. The summed E-state index contributed by atoms with van der Waals surface area (Å²) in [5, 5.41) is 9.39. The van der Waals surface area contributed by atoms with Gasteiger partial charge >= 0.3 is 6.18 Å². The van der Waals surface area contributed by atoms with E-state index in [1.54, 1.807) is 0 Å². The highest BCUT2D eigenvalue weighted by molar-refractivity contribution is 5.52. The van der Waals surface area contributed by atoms with Gasteiger partial charge in [-0.15, -0.1) is 0 Å². The molecule has 2 rings (SSSR count). The Labute approximate surface area is 113 Å². The van der Waals surface area contributed by atoms with Crippen LogP contribution in [0.15, 0.2) is 12.3 Å². The molecule has 1 aromatic rings.